The zero-order chi connectivity index (χ0) is 28.6. The number of nitro groups is 1. The van der Waals surface area contributed by atoms with Crippen LogP contribution in [0.4, 0.5) is 11.4 Å². The zero-order valence-corrected chi connectivity index (χ0v) is 22.5. The number of nitrogens with one attached hydrogen (secondary N) is 2. The number of hydrazone groups is 1. The maximum atomic E-state index is 12.6. The van der Waals surface area contributed by atoms with E-state index in [1.54, 1.807) is 54.6 Å². The number of halogens is 1. The van der Waals surface area contributed by atoms with Crippen LogP contribution in [0.25, 0.3) is 0 Å². The third-order valence-corrected chi connectivity index (χ3v) is 6.07. The van der Waals surface area contributed by atoms with Crippen LogP contribution >= 0.6 is 15.9 Å². The molecule has 0 aliphatic heterocycles. The molecule has 10 nitrogen and oxygen atoms in total. The molecule has 0 fully saturated rings. The van der Waals surface area contributed by atoms with Crippen molar-refractivity contribution in [3.63, 3.8) is 0 Å². The van der Waals surface area contributed by atoms with Crippen LogP contribution in [0.15, 0.2) is 101 Å². The summed E-state index contributed by atoms with van der Waals surface area (Å²) in [5.41, 5.74) is 4.69. The minimum atomic E-state index is -0.672. The maximum Gasteiger partial charge on any atom is 0.343 e. The van der Waals surface area contributed by atoms with Gasteiger partial charge in [0.15, 0.2) is 0 Å². The number of rotatable bonds is 8. The van der Waals surface area contributed by atoms with Gasteiger partial charge in [-0.1, -0.05) is 33.6 Å². The van der Waals surface area contributed by atoms with E-state index in [2.05, 4.69) is 31.8 Å². The van der Waals surface area contributed by atoms with E-state index in [1.807, 2.05) is 13.0 Å². The van der Waals surface area contributed by atoms with E-state index in [0.717, 1.165) is 16.3 Å². The number of non-ortho nitro benzene ring substituents is 1. The highest BCUT2D eigenvalue weighted by Crippen LogP contribution is 2.24. The Morgan fingerprint density at radius 2 is 1.57 bits per heavy atom. The molecule has 0 unspecified atom stereocenters. The van der Waals surface area contributed by atoms with Crippen molar-refractivity contribution in [2.75, 3.05) is 5.32 Å². The lowest BCUT2D eigenvalue weighted by Gasteiger charge is -2.08. The monoisotopic (exact) mass is 600 g/mol. The van der Waals surface area contributed by atoms with E-state index in [-0.39, 0.29) is 34.0 Å². The van der Waals surface area contributed by atoms with Gasteiger partial charge >= 0.3 is 5.97 Å². The van der Waals surface area contributed by atoms with Crippen molar-refractivity contribution in [1.29, 1.82) is 0 Å². The van der Waals surface area contributed by atoms with Crippen molar-refractivity contribution in [2.24, 2.45) is 5.10 Å². The fourth-order valence-electron chi connectivity index (χ4n) is 3.51. The van der Waals surface area contributed by atoms with Crippen molar-refractivity contribution >= 4 is 51.3 Å². The molecule has 0 radical (unpaired) electrons. The summed E-state index contributed by atoms with van der Waals surface area (Å²) in [6.07, 6.45) is 1.14. The summed E-state index contributed by atoms with van der Waals surface area (Å²) in [5, 5.41) is 17.9. The summed E-state index contributed by atoms with van der Waals surface area (Å²) in [6, 6.07) is 23.4. The number of hydrogen-bond donors (Lipinski definition) is 2. The van der Waals surface area contributed by atoms with Crippen molar-refractivity contribution < 1.29 is 24.0 Å². The molecule has 0 bridgehead atoms. The van der Waals surface area contributed by atoms with E-state index in [1.165, 1.54) is 30.3 Å². The van der Waals surface area contributed by atoms with Gasteiger partial charge in [-0.25, -0.2) is 10.2 Å². The molecular formula is C29H21BrN4O6. The molecule has 0 aliphatic carbocycles. The highest BCUT2D eigenvalue weighted by Gasteiger charge is 2.15. The second-order valence-corrected chi connectivity index (χ2v) is 9.39. The Morgan fingerprint density at radius 3 is 2.25 bits per heavy atom. The fourth-order valence-corrected chi connectivity index (χ4v) is 3.77. The predicted octanol–water partition coefficient (Wildman–Crippen LogP) is 5.90. The Hall–Kier alpha value is -5.16. The van der Waals surface area contributed by atoms with Crippen LogP contribution in [-0.2, 0) is 0 Å². The highest BCUT2D eigenvalue weighted by atomic mass is 79.9. The predicted molar refractivity (Wildman–Crippen MR) is 153 cm³/mol. The average Bonchev–Trinajstić information content (AvgIpc) is 2.94. The summed E-state index contributed by atoms with van der Waals surface area (Å²) < 4.78 is 6.20. The standard InChI is InChI=1S/C29H21BrN4O6/c1-18-3-2-4-21(15-18)27(35)32-24-11-7-19(8-12-24)28(36)33-31-17-22-16-25(34(38)39)13-14-26(22)40-29(37)20-5-9-23(30)10-6-20/h2-17H,1H3,(H,32,35)(H,33,36)/b31-17+. The highest BCUT2D eigenvalue weighted by molar-refractivity contribution is 9.10. The summed E-state index contributed by atoms with van der Waals surface area (Å²) in [7, 11) is 0. The Labute approximate surface area is 237 Å². The average molecular weight is 601 g/mol. The molecule has 40 heavy (non-hydrogen) atoms. The van der Waals surface area contributed by atoms with Crippen LogP contribution < -0.4 is 15.5 Å². The quantitative estimate of drug-likeness (QED) is 0.0848. The lowest BCUT2D eigenvalue weighted by Crippen LogP contribution is -2.18. The normalized spacial score (nSPS) is 10.7. The minimum Gasteiger partial charge on any atom is -0.422 e. The van der Waals surface area contributed by atoms with Gasteiger partial charge in [0, 0.05) is 39.0 Å². The Morgan fingerprint density at radius 1 is 0.875 bits per heavy atom. The number of benzene rings is 4. The van der Waals surface area contributed by atoms with Gasteiger partial charge in [0.2, 0.25) is 0 Å². The Balaban J connectivity index is 1.43. The lowest BCUT2D eigenvalue weighted by atomic mass is 10.1. The Kier molecular flexibility index (Phi) is 8.77. The molecule has 0 aliphatic rings. The van der Waals surface area contributed by atoms with Gasteiger partial charge in [0.05, 0.1) is 16.7 Å². The second kappa shape index (κ2) is 12.6. The SMILES string of the molecule is Cc1cccc(C(=O)Nc2ccc(C(=O)N/N=C/c3cc([N+](=O)[O-])ccc3OC(=O)c3ccc(Br)cc3)cc2)c1. The van der Waals surface area contributed by atoms with Gasteiger partial charge in [-0.15, -0.1) is 0 Å². The van der Waals surface area contributed by atoms with Crippen LogP contribution in [0.2, 0.25) is 0 Å². The first-order valence-electron chi connectivity index (χ1n) is 11.8. The third kappa shape index (κ3) is 7.23. The van der Waals surface area contributed by atoms with Crippen molar-refractivity contribution in [1.82, 2.24) is 5.43 Å². The molecule has 11 heteroatoms. The van der Waals surface area contributed by atoms with Crippen LogP contribution in [0.3, 0.4) is 0 Å². The molecule has 2 N–H and O–H groups in total. The van der Waals surface area contributed by atoms with Crippen LogP contribution in [0, 0.1) is 17.0 Å². The second-order valence-electron chi connectivity index (χ2n) is 8.48. The summed E-state index contributed by atoms with van der Waals surface area (Å²) in [5.74, 6) is -1.49. The fraction of sp³-hybridized carbons (Fsp3) is 0.0345. The van der Waals surface area contributed by atoms with Crippen LogP contribution in [0.1, 0.15) is 42.2 Å². The number of aryl methyl sites for hydroxylation is 1. The molecule has 4 rings (SSSR count). The first-order chi connectivity index (χ1) is 19.2. The molecule has 4 aromatic carbocycles. The molecule has 0 aromatic heterocycles. The van der Waals surface area contributed by atoms with Crippen molar-refractivity contribution in [3.8, 4) is 5.75 Å². The number of esters is 1. The van der Waals surface area contributed by atoms with Gasteiger partial charge in [0.1, 0.15) is 5.75 Å². The Bertz CT molecular complexity index is 1620. The number of nitrogens with zero attached hydrogens (tertiary/aromatic N) is 2. The van der Waals surface area contributed by atoms with E-state index < -0.39 is 16.8 Å². The number of anilines is 1. The van der Waals surface area contributed by atoms with Crippen molar-refractivity contribution in [2.45, 2.75) is 6.92 Å². The smallest absolute Gasteiger partial charge is 0.343 e. The largest absolute Gasteiger partial charge is 0.422 e. The van der Waals surface area contributed by atoms with E-state index in [9.17, 15) is 24.5 Å². The van der Waals surface area contributed by atoms with Gasteiger partial charge in [-0.3, -0.25) is 19.7 Å². The number of nitro benzene ring substituents is 1. The van der Waals surface area contributed by atoms with E-state index in [0.29, 0.717) is 11.3 Å². The van der Waals surface area contributed by atoms with Crippen LogP contribution in [0.5, 0.6) is 5.75 Å². The minimum absolute atomic E-state index is 0.0187. The molecule has 2 amide bonds. The maximum absolute atomic E-state index is 12.6. The number of hydrogen-bond acceptors (Lipinski definition) is 7. The number of carbonyl (C=O) groups excluding carboxylic acids is 3. The summed E-state index contributed by atoms with van der Waals surface area (Å²) in [4.78, 5) is 48.2. The molecule has 4 aromatic rings. The van der Waals surface area contributed by atoms with E-state index in [4.69, 9.17) is 4.74 Å². The zero-order valence-electron chi connectivity index (χ0n) is 21.0. The molecule has 0 spiro atoms. The third-order valence-electron chi connectivity index (χ3n) is 5.54. The van der Waals surface area contributed by atoms with Crippen LogP contribution in [-0.4, -0.2) is 28.9 Å². The number of carbonyl (C=O) groups is 3. The molecule has 0 atom stereocenters. The van der Waals surface area contributed by atoms with Gasteiger partial charge in [-0.05, 0) is 73.7 Å². The van der Waals surface area contributed by atoms with Crippen molar-refractivity contribution in [3.05, 3.63) is 133 Å². The number of ether oxygens (including phenoxy) is 1. The topological polar surface area (TPSA) is 140 Å². The van der Waals surface area contributed by atoms with Gasteiger partial charge in [-0.2, -0.15) is 5.10 Å². The number of amides is 2. The molecule has 200 valence electrons. The molecule has 0 saturated carbocycles. The summed E-state index contributed by atoms with van der Waals surface area (Å²) in [6.45, 7) is 1.89. The van der Waals surface area contributed by atoms with E-state index >= 15 is 0 Å². The van der Waals surface area contributed by atoms with Gasteiger partial charge < -0.3 is 10.1 Å². The molecule has 0 saturated heterocycles. The summed E-state index contributed by atoms with van der Waals surface area (Å²) >= 11 is 3.29. The molecule has 0 heterocycles. The first-order valence-corrected chi connectivity index (χ1v) is 12.6. The first kappa shape index (κ1) is 27.9. The lowest BCUT2D eigenvalue weighted by molar-refractivity contribution is -0.384. The van der Waals surface area contributed by atoms with Gasteiger partial charge in [0.25, 0.3) is 17.5 Å². The molecular weight excluding hydrogens is 580 g/mol.